The van der Waals surface area contributed by atoms with Crippen molar-refractivity contribution in [2.24, 2.45) is 0 Å². The molecule has 0 spiro atoms. The summed E-state index contributed by atoms with van der Waals surface area (Å²) < 4.78 is 0. The summed E-state index contributed by atoms with van der Waals surface area (Å²) in [6.07, 6.45) is 0. The van der Waals surface area contributed by atoms with E-state index < -0.39 is 18.0 Å². The van der Waals surface area contributed by atoms with Gasteiger partial charge >= 0.3 is 12.0 Å². The fourth-order valence-corrected chi connectivity index (χ4v) is 2.49. The minimum Gasteiger partial charge on any atom is -0.479 e. The second-order valence-electron chi connectivity index (χ2n) is 4.37. The van der Waals surface area contributed by atoms with Crippen molar-refractivity contribution in [3.05, 3.63) is 52.0 Å². The van der Waals surface area contributed by atoms with Crippen LogP contribution in [0.3, 0.4) is 0 Å². The highest BCUT2D eigenvalue weighted by Gasteiger charge is 2.21. The predicted octanol–water partition coefficient (Wildman–Crippen LogP) is 2.08. The minimum atomic E-state index is -1.11. The molecule has 0 aliphatic heterocycles. The van der Waals surface area contributed by atoms with Crippen LogP contribution in [0.15, 0.2) is 35.8 Å². The molecule has 0 fully saturated rings. The van der Waals surface area contributed by atoms with E-state index in [1.54, 1.807) is 35.8 Å². The molecule has 2 rings (SSSR count). The number of hydrogen-bond acceptors (Lipinski definition) is 4. The molecule has 1 aromatic carbocycles. The van der Waals surface area contributed by atoms with E-state index in [1.165, 1.54) is 11.3 Å². The summed E-state index contributed by atoms with van der Waals surface area (Å²) in [6, 6.07) is 6.96. The van der Waals surface area contributed by atoms with E-state index in [2.05, 4.69) is 15.6 Å². The van der Waals surface area contributed by atoms with Crippen LogP contribution in [0.1, 0.15) is 22.2 Å². The van der Waals surface area contributed by atoms with Crippen LogP contribution in [0.5, 0.6) is 0 Å². The number of rotatable bonds is 5. The van der Waals surface area contributed by atoms with Gasteiger partial charge in [-0.25, -0.2) is 14.6 Å². The highest BCUT2D eigenvalue weighted by atomic mass is 32.1. The second-order valence-corrected chi connectivity index (χ2v) is 5.31. The molecular formula is C14H15N3O3S. The van der Waals surface area contributed by atoms with Gasteiger partial charge < -0.3 is 15.7 Å². The summed E-state index contributed by atoms with van der Waals surface area (Å²) in [4.78, 5) is 28.1. The van der Waals surface area contributed by atoms with Gasteiger partial charge in [0.2, 0.25) is 0 Å². The van der Waals surface area contributed by atoms with Crippen LogP contribution in [0, 0.1) is 6.92 Å². The van der Waals surface area contributed by atoms with Gasteiger partial charge in [0.1, 0.15) is 0 Å². The first-order chi connectivity index (χ1) is 10.1. The van der Waals surface area contributed by atoms with Crippen molar-refractivity contribution in [2.75, 3.05) is 0 Å². The molecule has 0 saturated heterocycles. The second kappa shape index (κ2) is 6.85. The molecule has 2 amide bonds. The first-order valence-electron chi connectivity index (χ1n) is 6.29. The first-order valence-corrected chi connectivity index (χ1v) is 7.17. The fraction of sp³-hybridized carbons (Fsp3) is 0.214. The Balaban J connectivity index is 1.96. The van der Waals surface area contributed by atoms with E-state index in [9.17, 15) is 14.7 Å². The molecule has 7 heteroatoms. The third-order valence-corrected chi connectivity index (χ3v) is 3.84. The first kappa shape index (κ1) is 15.0. The molecular weight excluding hydrogens is 290 g/mol. The molecule has 2 aromatic rings. The van der Waals surface area contributed by atoms with Crippen LogP contribution >= 0.6 is 11.3 Å². The van der Waals surface area contributed by atoms with Gasteiger partial charge in [-0.3, -0.25) is 0 Å². The Hall–Kier alpha value is -2.41. The molecule has 3 N–H and O–H groups in total. The van der Waals surface area contributed by atoms with Crippen LogP contribution < -0.4 is 10.6 Å². The van der Waals surface area contributed by atoms with E-state index in [4.69, 9.17) is 0 Å². The van der Waals surface area contributed by atoms with E-state index in [0.717, 1.165) is 10.6 Å². The summed E-state index contributed by atoms with van der Waals surface area (Å²) in [5.41, 5.74) is 3.08. The van der Waals surface area contributed by atoms with Gasteiger partial charge in [0, 0.05) is 4.88 Å². The van der Waals surface area contributed by atoms with E-state index in [0.29, 0.717) is 12.1 Å². The number of aryl methyl sites for hydroxylation is 1. The topological polar surface area (TPSA) is 91.3 Å². The molecule has 1 atom stereocenters. The maximum atomic E-state index is 11.8. The number of carboxylic acids is 1. The van der Waals surface area contributed by atoms with Crippen molar-refractivity contribution < 1.29 is 14.7 Å². The molecule has 110 valence electrons. The predicted molar refractivity (Wildman–Crippen MR) is 79.0 cm³/mol. The summed E-state index contributed by atoms with van der Waals surface area (Å²) in [7, 11) is 0. The average Bonchev–Trinajstić information content (AvgIpc) is 2.88. The number of nitrogens with zero attached hydrogens (tertiary/aromatic N) is 1. The Morgan fingerprint density at radius 3 is 2.62 bits per heavy atom. The number of thiazole rings is 1. The molecule has 21 heavy (non-hydrogen) atoms. The Labute approximate surface area is 125 Å². The minimum absolute atomic E-state index is 0.323. The summed E-state index contributed by atoms with van der Waals surface area (Å²) in [5.74, 6) is -1.11. The van der Waals surface area contributed by atoms with Gasteiger partial charge in [0.25, 0.3) is 0 Å². The third kappa shape index (κ3) is 4.03. The summed E-state index contributed by atoms with van der Waals surface area (Å²) in [5, 5.41) is 14.3. The Bertz CT molecular complexity index is 627. The number of urea groups is 1. The van der Waals surface area contributed by atoms with Gasteiger partial charge in [-0.2, -0.15) is 0 Å². The largest absolute Gasteiger partial charge is 0.479 e. The van der Waals surface area contributed by atoms with E-state index in [1.807, 2.05) is 6.92 Å². The van der Waals surface area contributed by atoms with Crippen LogP contribution in [0.2, 0.25) is 0 Å². The number of aliphatic carboxylic acids is 1. The maximum absolute atomic E-state index is 11.8. The number of carbonyl (C=O) groups excluding carboxylic acids is 1. The van der Waals surface area contributed by atoms with Gasteiger partial charge in [-0.05, 0) is 12.5 Å². The van der Waals surface area contributed by atoms with E-state index in [-0.39, 0.29) is 0 Å². The molecule has 0 aliphatic rings. The Morgan fingerprint density at radius 2 is 2.05 bits per heavy atom. The zero-order valence-electron chi connectivity index (χ0n) is 11.4. The molecule has 1 aromatic heterocycles. The van der Waals surface area contributed by atoms with Crippen LogP contribution in [-0.4, -0.2) is 22.1 Å². The highest BCUT2D eigenvalue weighted by molar-refractivity contribution is 7.09. The van der Waals surface area contributed by atoms with Gasteiger partial charge in [0.05, 0.1) is 17.7 Å². The summed E-state index contributed by atoms with van der Waals surface area (Å²) >= 11 is 1.44. The lowest BCUT2D eigenvalue weighted by atomic mass is 10.1. The fourth-order valence-electron chi connectivity index (χ4n) is 1.77. The van der Waals surface area contributed by atoms with E-state index >= 15 is 0 Å². The van der Waals surface area contributed by atoms with Gasteiger partial charge in [-0.1, -0.05) is 30.3 Å². The lowest BCUT2D eigenvalue weighted by Gasteiger charge is -2.15. The quantitative estimate of drug-likeness (QED) is 0.788. The molecule has 1 unspecified atom stereocenters. The zero-order valence-corrected chi connectivity index (χ0v) is 12.2. The molecule has 0 aliphatic carbocycles. The summed E-state index contributed by atoms with van der Waals surface area (Å²) in [6.45, 7) is 2.18. The number of benzene rings is 1. The number of nitrogens with one attached hydrogen (secondary N) is 2. The standard InChI is InChI=1S/C14H15N3O3S/c1-9-11(21-8-16-9)7-15-14(20)17-12(13(18)19)10-5-3-2-4-6-10/h2-6,8,12H,7H2,1H3,(H,18,19)(H2,15,17,20). The van der Waals surface area contributed by atoms with Crippen LogP contribution in [0.25, 0.3) is 0 Å². The maximum Gasteiger partial charge on any atom is 0.330 e. The van der Waals surface area contributed by atoms with Crippen molar-refractivity contribution in [1.29, 1.82) is 0 Å². The monoisotopic (exact) mass is 305 g/mol. The van der Waals surface area contributed by atoms with Crippen LogP contribution in [-0.2, 0) is 11.3 Å². The van der Waals surface area contributed by atoms with Gasteiger partial charge in [0.15, 0.2) is 6.04 Å². The molecule has 0 radical (unpaired) electrons. The average molecular weight is 305 g/mol. The normalized spacial score (nSPS) is 11.7. The van der Waals surface area contributed by atoms with Crippen LogP contribution in [0.4, 0.5) is 4.79 Å². The molecule has 6 nitrogen and oxygen atoms in total. The SMILES string of the molecule is Cc1ncsc1CNC(=O)NC(C(=O)O)c1ccccc1. The lowest BCUT2D eigenvalue weighted by Crippen LogP contribution is -2.40. The van der Waals surface area contributed by atoms with Crippen molar-refractivity contribution in [2.45, 2.75) is 19.5 Å². The van der Waals surface area contributed by atoms with Crippen molar-refractivity contribution >= 4 is 23.3 Å². The molecule has 0 saturated carbocycles. The third-order valence-electron chi connectivity index (χ3n) is 2.91. The van der Waals surface area contributed by atoms with Crippen molar-refractivity contribution in [3.8, 4) is 0 Å². The molecule has 1 heterocycles. The number of aromatic nitrogens is 1. The molecule has 0 bridgehead atoms. The highest BCUT2D eigenvalue weighted by Crippen LogP contribution is 2.13. The van der Waals surface area contributed by atoms with Crippen molar-refractivity contribution in [3.63, 3.8) is 0 Å². The van der Waals surface area contributed by atoms with Gasteiger partial charge in [-0.15, -0.1) is 11.3 Å². The Kier molecular flexibility index (Phi) is 4.89. The zero-order chi connectivity index (χ0) is 15.2. The lowest BCUT2D eigenvalue weighted by molar-refractivity contribution is -0.139. The number of carboxylic acid groups (broad SMARTS) is 1. The number of carbonyl (C=O) groups is 2. The smallest absolute Gasteiger partial charge is 0.330 e. The number of hydrogen-bond donors (Lipinski definition) is 3. The Morgan fingerprint density at radius 1 is 1.33 bits per heavy atom. The number of amides is 2. The van der Waals surface area contributed by atoms with Crippen molar-refractivity contribution in [1.82, 2.24) is 15.6 Å².